The third kappa shape index (κ3) is 3.35. The van der Waals surface area contributed by atoms with Crippen LogP contribution in [0.25, 0.3) is 11.4 Å². The maximum absolute atomic E-state index is 13.4. The van der Waals surface area contributed by atoms with Gasteiger partial charge in [0.2, 0.25) is 17.6 Å². The first-order valence-electron chi connectivity index (χ1n) is 8.51. The van der Waals surface area contributed by atoms with Gasteiger partial charge in [-0.25, -0.2) is 4.39 Å². The number of aryl methyl sites for hydroxylation is 1. The number of amides is 1. The second kappa shape index (κ2) is 6.71. The maximum atomic E-state index is 13.4. The molecular formula is C20H18FN3O2. The second-order valence-corrected chi connectivity index (χ2v) is 6.63. The summed E-state index contributed by atoms with van der Waals surface area (Å²) in [4.78, 5) is 18.5. The monoisotopic (exact) mass is 351 g/mol. The van der Waals surface area contributed by atoms with Gasteiger partial charge in [0.05, 0.1) is 5.92 Å². The molecule has 1 atom stereocenters. The molecule has 0 bridgehead atoms. The van der Waals surface area contributed by atoms with Crippen molar-refractivity contribution in [3.8, 4) is 11.4 Å². The number of carbonyl (C=O) groups excluding carboxylic acids is 1. The lowest BCUT2D eigenvalue weighted by Crippen LogP contribution is -2.24. The minimum atomic E-state index is -0.353. The Kier molecular flexibility index (Phi) is 4.24. The summed E-state index contributed by atoms with van der Waals surface area (Å²) in [6.45, 7) is 3.14. The highest BCUT2D eigenvalue weighted by Gasteiger charge is 2.34. The molecule has 2 heterocycles. The molecule has 26 heavy (non-hydrogen) atoms. The molecule has 132 valence electrons. The Hall–Kier alpha value is -3.02. The molecule has 1 aliphatic rings. The van der Waals surface area contributed by atoms with Crippen molar-refractivity contribution in [3.63, 3.8) is 0 Å². The van der Waals surface area contributed by atoms with Crippen LogP contribution in [0.1, 0.15) is 29.4 Å². The molecule has 1 unspecified atom stereocenters. The fraction of sp³-hybridized carbons (Fsp3) is 0.250. The van der Waals surface area contributed by atoms with E-state index < -0.39 is 0 Å². The normalized spacial score (nSPS) is 17.1. The van der Waals surface area contributed by atoms with Crippen LogP contribution >= 0.6 is 0 Å². The lowest BCUT2D eigenvalue weighted by atomic mass is 10.1. The van der Waals surface area contributed by atoms with Crippen LogP contribution in [0.2, 0.25) is 0 Å². The largest absolute Gasteiger partial charge is 0.339 e. The third-order valence-corrected chi connectivity index (χ3v) is 4.58. The van der Waals surface area contributed by atoms with Crippen LogP contribution < -0.4 is 0 Å². The third-order valence-electron chi connectivity index (χ3n) is 4.58. The van der Waals surface area contributed by atoms with E-state index in [0.717, 1.165) is 5.56 Å². The van der Waals surface area contributed by atoms with Crippen LogP contribution in [0.15, 0.2) is 53.1 Å². The topological polar surface area (TPSA) is 59.2 Å². The molecule has 1 aromatic heterocycles. The van der Waals surface area contributed by atoms with Gasteiger partial charge in [0.15, 0.2) is 0 Å². The van der Waals surface area contributed by atoms with Gasteiger partial charge in [0.1, 0.15) is 5.82 Å². The van der Waals surface area contributed by atoms with Crippen LogP contribution in [0.4, 0.5) is 4.39 Å². The number of nitrogens with zero attached hydrogens (tertiary/aromatic N) is 3. The Morgan fingerprint density at radius 1 is 1.23 bits per heavy atom. The van der Waals surface area contributed by atoms with E-state index in [1.165, 1.54) is 17.7 Å². The van der Waals surface area contributed by atoms with Gasteiger partial charge in [-0.15, -0.1) is 0 Å². The SMILES string of the molecule is Cc1ccc(CN2CC(c3nc(-c4cccc(F)c4)no3)CC2=O)cc1. The molecule has 3 aromatic rings. The zero-order chi connectivity index (χ0) is 18.1. The quantitative estimate of drug-likeness (QED) is 0.719. The van der Waals surface area contributed by atoms with Gasteiger partial charge in [-0.05, 0) is 24.6 Å². The molecule has 1 amide bonds. The average Bonchev–Trinajstić information content (AvgIpc) is 3.24. The number of halogens is 1. The summed E-state index contributed by atoms with van der Waals surface area (Å²) in [6.07, 6.45) is 0.344. The summed E-state index contributed by atoms with van der Waals surface area (Å²) >= 11 is 0. The van der Waals surface area contributed by atoms with Gasteiger partial charge < -0.3 is 9.42 Å². The first-order valence-corrected chi connectivity index (χ1v) is 8.51. The first-order chi connectivity index (χ1) is 12.6. The number of carbonyl (C=O) groups is 1. The van der Waals surface area contributed by atoms with Crippen molar-refractivity contribution in [1.82, 2.24) is 15.0 Å². The average molecular weight is 351 g/mol. The minimum absolute atomic E-state index is 0.0704. The standard InChI is InChI=1S/C20H18FN3O2/c1-13-5-7-14(8-6-13)11-24-12-16(10-18(24)25)20-22-19(23-26-20)15-3-2-4-17(21)9-15/h2-9,16H,10-12H2,1H3. The Bertz CT molecular complexity index is 936. The van der Waals surface area contributed by atoms with Crippen molar-refractivity contribution in [2.45, 2.75) is 25.8 Å². The summed E-state index contributed by atoms with van der Waals surface area (Å²) < 4.78 is 18.7. The van der Waals surface area contributed by atoms with E-state index in [0.29, 0.717) is 36.8 Å². The summed E-state index contributed by atoms with van der Waals surface area (Å²) in [5.74, 6) is 0.339. The Labute approximate surface area is 150 Å². The molecule has 0 spiro atoms. The molecule has 6 heteroatoms. The van der Waals surface area contributed by atoms with Gasteiger partial charge in [0.25, 0.3) is 0 Å². The Morgan fingerprint density at radius 3 is 2.81 bits per heavy atom. The fourth-order valence-corrected chi connectivity index (χ4v) is 3.15. The van der Waals surface area contributed by atoms with E-state index in [2.05, 4.69) is 10.1 Å². The van der Waals surface area contributed by atoms with Crippen molar-refractivity contribution < 1.29 is 13.7 Å². The lowest BCUT2D eigenvalue weighted by Gasteiger charge is -2.16. The highest BCUT2D eigenvalue weighted by molar-refractivity contribution is 5.79. The van der Waals surface area contributed by atoms with Crippen LogP contribution in [0, 0.1) is 12.7 Å². The highest BCUT2D eigenvalue weighted by Crippen LogP contribution is 2.29. The molecule has 5 nitrogen and oxygen atoms in total. The molecule has 2 aromatic carbocycles. The zero-order valence-corrected chi connectivity index (χ0v) is 14.4. The summed E-state index contributed by atoms with van der Waals surface area (Å²) in [5, 5.41) is 3.93. The molecule has 0 saturated carbocycles. The second-order valence-electron chi connectivity index (χ2n) is 6.63. The summed E-state index contributed by atoms with van der Waals surface area (Å²) in [6, 6.07) is 14.2. The van der Waals surface area contributed by atoms with Gasteiger partial charge in [-0.2, -0.15) is 4.98 Å². The minimum Gasteiger partial charge on any atom is -0.339 e. The molecular weight excluding hydrogens is 333 g/mol. The van der Waals surface area contributed by atoms with Crippen molar-refractivity contribution in [1.29, 1.82) is 0 Å². The molecule has 0 aliphatic carbocycles. The molecule has 1 aliphatic heterocycles. The van der Waals surface area contributed by atoms with Crippen molar-refractivity contribution in [2.75, 3.05) is 6.54 Å². The number of hydrogen-bond acceptors (Lipinski definition) is 4. The molecule has 1 fully saturated rings. The smallest absolute Gasteiger partial charge is 0.232 e. The number of rotatable bonds is 4. The summed E-state index contributed by atoms with van der Waals surface area (Å²) in [7, 11) is 0. The number of hydrogen-bond donors (Lipinski definition) is 0. The molecule has 1 saturated heterocycles. The van der Waals surface area contributed by atoms with Gasteiger partial charge in [0, 0.05) is 25.1 Å². The highest BCUT2D eigenvalue weighted by atomic mass is 19.1. The zero-order valence-electron chi connectivity index (χ0n) is 14.4. The molecule has 4 rings (SSSR count). The van der Waals surface area contributed by atoms with Gasteiger partial charge in [-0.1, -0.05) is 47.1 Å². The maximum Gasteiger partial charge on any atom is 0.232 e. The van der Waals surface area contributed by atoms with Crippen LogP contribution in [0.3, 0.4) is 0 Å². The van der Waals surface area contributed by atoms with E-state index in [9.17, 15) is 9.18 Å². The van der Waals surface area contributed by atoms with Gasteiger partial charge >= 0.3 is 0 Å². The van der Waals surface area contributed by atoms with Crippen LogP contribution in [0.5, 0.6) is 0 Å². The Balaban J connectivity index is 1.48. The van der Waals surface area contributed by atoms with Gasteiger partial charge in [-0.3, -0.25) is 4.79 Å². The van der Waals surface area contributed by atoms with E-state index in [1.807, 2.05) is 31.2 Å². The van der Waals surface area contributed by atoms with E-state index >= 15 is 0 Å². The lowest BCUT2D eigenvalue weighted by molar-refractivity contribution is -0.128. The molecule has 0 radical (unpaired) electrons. The van der Waals surface area contributed by atoms with Crippen molar-refractivity contribution in [2.24, 2.45) is 0 Å². The van der Waals surface area contributed by atoms with Crippen LogP contribution in [-0.4, -0.2) is 27.5 Å². The Morgan fingerprint density at radius 2 is 2.04 bits per heavy atom. The molecule has 0 N–H and O–H groups in total. The van der Waals surface area contributed by atoms with E-state index in [1.54, 1.807) is 17.0 Å². The fourth-order valence-electron chi connectivity index (χ4n) is 3.15. The number of aromatic nitrogens is 2. The van der Waals surface area contributed by atoms with Crippen LogP contribution in [-0.2, 0) is 11.3 Å². The number of benzene rings is 2. The van der Waals surface area contributed by atoms with E-state index in [4.69, 9.17) is 4.52 Å². The predicted molar refractivity (Wildman–Crippen MR) is 93.6 cm³/mol. The van der Waals surface area contributed by atoms with Crippen molar-refractivity contribution in [3.05, 3.63) is 71.4 Å². The first kappa shape index (κ1) is 16.4. The predicted octanol–water partition coefficient (Wildman–Crippen LogP) is 3.70. The van der Waals surface area contributed by atoms with Crippen molar-refractivity contribution >= 4 is 5.91 Å². The summed E-state index contributed by atoms with van der Waals surface area (Å²) in [5.41, 5.74) is 2.84. The number of likely N-dealkylation sites (tertiary alicyclic amines) is 1. The van der Waals surface area contributed by atoms with E-state index in [-0.39, 0.29) is 17.6 Å².